The van der Waals surface area contributed by atoms with Gasteiger partial charge in [0.25, 0.3) is 5.91 Å². The summed E-state index contributed by atoms with van der Waals surface area (Å²) < 4.78 is 0. The predicted octanol–water partition coefficient (Wildman–Crippen LogP) is 0.951. The van der Waals surface area contributed by atoms with Gasteiger partial charge >= 0.3 is 0 Å². The molecule has 1 aromatic rings. The van der Waals surface area contributed by atoms with Crippen LogP contribution in [0, 0.1) is 13.8 Å². The average molecular weight is 236 g/mol. The largest absolute Gasteiger partial charge is 0.350 e. The van der Waals surface area contributed by atoms with Crippen molar-refractivity contribution in [1.82, 2.24) is 15.5 Å². The van der Waals surface area contributed by atoms with Crippen molar-refractivity contribution in [2.75, 3.05) is 6.54 Å². The monoisotopic (exact) mass is 236 g/mol. The molecule has 0 saturated heterocycles. The third kappa shape index (κ3) is 4.11. The predicted molar refractivity (Wildman–Crippen MR) is 66.7 cm³/mol. The molecule has 1 amide bonds. The molecule has 17 heavy (non-hydrogen) atoms. The maximum Gasteiger partial charge on any atom is 0.253 e. The summed E-state index contributed by atoms with van der Waals surface area (Å²) in [5.74, 6) is -0.0926. The number of nitrogens with zero attached hydrogens (tertiary/aromatic N) is 2. The van der Waals surface area contributed by atoms with E-state index < -0.39 is 0 Å². The van der Waals surface area contributed by atoms with Crippen LogP contribution in [0.4, 0.5) is 0 Å². The molecule has 0 bridgehead atoms. The molecule has 0 spiro atoms. The third-order valence-corrected chi connectivity index (χ3v) is 2.56. The lowest BCUT2D eigenvalue weighted by molar-refractivity contribution is 0.0936. The van der Waals surface area contributed by atoms with Crippen LogP contribution in [-0.4, -0.2) is 28.7 Å². The number of carbonyl (C=O) groups excluding carboxylic acids is 1. The normalized spacial score (nSPS) is 12.2. The summed E-state index contributed by atoms with van der Waals surface area (Å²) in [4.78, 5) is 12.0. The minimum atomic E-state index is -0.0926. The maximum atomic E-state index is 12.0. The second-order valence-electron chi connectivity index (χ2n) is 4.29. The minimum Gasteiger partial charge on any atom is -0.350 e. The molecule has 1 unspecified atom stereocenters. The van der Waals surface area contributed by atoms with Crippen LogP contribution >= 0.6 is 0 Å². The fourth-order valence-electron chi connectivity index (χ4n) is 1.58. The summed E-state index contributed by atoms with van der Waals surface area (Å²) in [6, 6.07) is 1.88. The summed E-state index contributed by atoms with van der Waals surface area (Å²) >= 11 is 0. The van der Waals surface area contributed by atoms with Gasteiger partial charge < -0.3 is 11.1 Å². The first-order chi connectivity index (χ1) is 8.04. The van der Waals surface area contributed by atoms with Gasteiger partial charge in [-0.15, -0.1) is 0 Å². The molecule has 0 aliphatic heterocycles. The Kier molecular flexibility index (Phi) is 5.03. The zero-order chi connectivity index (χ0) is 12.8. The third-order valence-electron chi connectivity index (χ3n) is 2.56. The number of hydrogen-bond acceptors (Lipinski definition) is 4. The first kappa shape index (κ1) is 13.6. The van der Waals surface area contributed by atoms with Crippen molar-refractivity contribution < 1.29 is 4.79 Å². The standard InChI is InChI=1S/C12H20N4O/c1-8(5-4-6-13)14-12(17)11-7-9(2)15-16-10(11)3/h7-8H,4-6,13H2,1-3H3,(H,14,17). The maximum absolute atomic E-state index is 12.0. The SMILES string of the molecule is Cc1cc(C(=O)NC(C)CCCN)c(C)nn1. The Bertz CT molecular complexity index is 392. The quantitative estimate of drug-likeness (QED) is 0.797. The first-order valence-corrected chi connectivity index (χ1v) is 5.86. The number of amides is 1. The molecule has 0 aromatic carbocycles. The number of aromatic nitrogens is 2. The van der Waals surface area contributed by atoms with Gasteiger partial charge in [0.15, 0.2) is 0 Å². The number of carbonyl (C=O) groups is 1. The van der Waals surface area contributed by atoms with E-state index in [2.05, 4.69) is 15.5 Å². The Morgan fingerprint density at radius 3 is 2.82 bits per heavy atom. The van der Waals surface area contributed by atoms with Crippen LogP contribution in [0.25, 0.3) is 0 Å². The molecular formula is C12H20N4O. The average Bonchev–Trinajstić information content (AvgIpc) is 2.29. The van der Waals surface area contributed by atoms with Gasteiger partial charge in [-0.05, 0) is 46.2 Å². The van der Waals surface area contributed by atoms with Crippen molar-refractivity contribution in [2.45, 2.75) is 39.7 Å². The van der Waals surface area contributed by atoms with Gasteiger partial charge in [-0.3, -0.25) is 4.79 Å². The molecule has 5 nitrogen and oxygen atoms in total. The second-order valence-corrected chi connectivity index (χ2v) is 4.29. The van der Waals surface area contributed by atoms with E-state index in [0.29, 0.717) is 17.8 Å². The molecule has 0 aliphatic carbocycles. The highest BCUT2D eigenvalue weighted by molar-refractivity contribution is 5.95. The minimum absolute atomic E-state index is 0.0926. The van der Waals surface area contributed by atoms with E-state index >= 15 is 0 Å². The molecule has 0 aliphatic rings. The molecule has 94 valence electrons. The molecule has 1 atom stereocenters. The van der Waals surface area contributed by atoms with E-state index in [4.69, 9.17) is 5.73 Å². The van der Waals surface area contributed by atoms with Crippen molar-refractivity contribution in [3.63, 3.8) is 0 Å². The summed E-state index contributed by atoms with van der Waals surface area (Å²) in [5, 5.41) is 10.8. The van der Waals surface area contributed by atoms with Gasteiger partial charge in [-0.2, -0.15) is 10.2 Å². The van der Waals surface area contributed by atoms with Crippen LogP contribution in [0.15, 0.2) is 6.07 Å². The summed E-state index contributed by atoms with van der Waals surface area (Å²) in [5.41, 5.74) is 7.42. The van der Waals surface area contributed by atoms with Crippen molar-refractivity contribution in [3.8, 4) is 0 Å². The number of nitrogens with one attached hydrogen (secondary N) is 1. The van der Waals surface area contributed by atoms with Gasteiger partial charge in [0.2, 0.25) is 0 Å². The zero-order valence-electron chi connectivity index (χ0n) is 10.7. The Hall–Kier alpha value is -1.49. The number of aryl methyl sites for hydroxylation is 2. The fourth-order valence-corrected chi connectivity index (χ4v) is 1.58. The lowest BCUT2D eigenvalue weighted by Crippen LogP contribution is -2.33. The molecule has 1 heterocycles. The highest BCUT2D eigenvalue weighted by Gasteiger charge is 2.13. The summed E-state index contributed by atoms with van der Waals surface area (Å²) in [7, 11) is 0. The molecule has 0 fully saturated rings. The highest BCUT2D eigenvalue weighted by Crippen LogP contribution is 2.06. The topological polar surface area (TPSA) is 80.9 Å². The first-order valence-electron chi connectivity index (χ1n) is 5.86. The van der Waals surface area contributed by atoms with Crippen LogP contribution in [0.3, 0.4) is 0 Å². The van der Waals surface area contributed by atoms with Gasteiger partial charge in [0.1, 0.15) is 0 Å². The number of nitrogens with two attached hydrogens (primary N) is 1. The zero-order valence-corrected chi connectivity index (χ0v) is 10.7. The number of rotatable bonds is 5. The van der Waals surface area contributed by atoms with Gasteiger partial charge in [0, 0.05) is 6.04 Å². The van der Waals surface area contributed by atoms with Crippen molar-refractivity contribution in [1.29, 1.82) is 0 Å². The fraction of sp³-hybridized carbons (Fsp3) is 0.583. The highest BCUT2D eigenvalue weighted by atomic mass is 16.1. The van der Waals surface area contributed by atoms with Crippen LogP contribution in [0.1, 0.15) is 41.5 Å². The van der Waals surface area contributed by atoms with Crippen LogP contribution in [-0.2, 0) is 0 Å². The molecule has 1 rings (SSSR count). The molecular weight excluding hydrogens is 216 g/mol. The van der Waals surface area contributed by atoms with E-state index in [0.717, 1.165) is 18.5 Å². The molecule has 1 aromatic heterocycles. The lowest BCUT2D eigenvalue weighted by Gasteiger charge is -2.14. The Balaban J connectivity index is 2.66. The van der Waals surface area contributed by atoms with Crippen LogP contribution in [0.5, 0.6) is 0 Å². The van der Waals surface area contributed by atoms with E-state index in [1.807, 2.05) is 13.8 Å². The Labute approximate surface area is 102 Å². The molecule has 0 radical (unpaired) electrons. The van der Waals surface area contributed by atoms with Crippen LogP contribution in [0.2, 0.25) is 0 Å². The van der Waals surface area contributed by atoms with E-state index in [9.17, 15) is 4.79 Å². The van der Waals surface area contributed by atoms with Gasteiger partial charge in [-0.25, -0.2) is 0 Å². The van der Waals surface area contributed by atoms with Crippen molar-refractivity contribution in [2.24, 2.45) is 5.73 Å². The summed E-state index contributed by atoms with van der Waals surface area (Å²) in [6.07, 6.45) is 1.80. The molecule has 0 saturated carbocycles. The lowest BCUT2D eigenvalue weighted by atomic mass is 10.1. The van der Waals surface area contributed by atoms with Gasteiger partial charge in [0.05, 0.1) is 17.0 Å². The Morgan fingerprint density at radius 2 is 2.18 bits per heavy atom. The van der Waals surface area contributed by atoms with Crippen molar-refractivity contribution in [3.05, 3.63) is 23.0 Å². The second kappa shape index (κ2) is 6.30. The van der Waals surface area contributed by atoms with E-state index in [1.165, 1.54) is 0 Å². The van der Waals surface area contributed by atoms with Gasteiger partial charge in [-0.1, -0.05) is 0 Å². The summed E-state index contributed by atoms with van der Waals surface area (Å²) in [6.45, 7) is 6.23. The van der Waals surface area contributed by atoms with Crippen LogP contribution < -0.4 is 11.1 Å². The van der Waals surface area contributed by atoms with E-state index in [-0.39, 0.29) is 11.9 Å². The smallest absolute Gasteiger partial charge is 0.253 e. The number of hydrogen-bond donors (Lipinski definition) is 2. The van der Waals surface area contributed by atoms with Crippen molar-refractivity contribution >= 4 is 5.91 Å². The molecule has 3 N–H and O–H groups in total. The Morgan fingerprint density at radius 1 is 1.47 bits per heavy atom. The van der Waals surface area contributed by atoms with E-state index in [1.54, 1.807) is 13.0 Å². The molecule has 5 heteroatoms.